The number of benzene rings is 1. The lowest BCUT2D eigenvalue weighted by molar-refractivity contribution is -0.181. The van der Waals surface area contributed by atoms with Crippen LogP contribution in [0.3, 0.4) is 0 Å². The zero-order valence-corrected chi connectivity index (χ0v) is 18.4. The first-order chi connectivity index (χ1) is 12.7. The molecular formula is C19H27F4IN4. The highest BCUT2D eigenvalue weighted by Crippen LogP contribution is 2.47. The predicted molar refractivity (Wildman–Crippen MR) is 113 cm³/mol. The molecule has 9 heteroatoms. The van der Waals surface area contributed by atoms with Gasteiger partial charge in [-0.05, 0) is 37.5 Å². The molecule has 1 heterocycles. The first kappa shape index (κ1) is 23.2. The van der Waals surface area contributed by atoms with Crippen LogP contribution < -0.4 is 5.32 Å². The SMILES string of the molecule is CN=C(NCC1(c2cccc(F)c2)CC1)N1CCN(C(C)C(F)(F)F)CC1.I. The van der Waals surface area contributed by atoms with Gasteiger partial charge >= 0.3 is 6.18 Å². The van der Waals surface area contributed by atoms with E-state index in [1.807, 2.05) is 11.0 Å². The lowest BCUT2D eigenvalue weighted by Gasteiger charge is -2.40. The summed E-state index contributed by atoms with van der Waals surface area (Å²) in [6.45, 7) is 3.52. The van der Waals surface area contributed by atoms with Gasteiger partial charge in [0.05, 0.1) is 0 Å². The highest BCUT2D eigenvalue weighted by molar-refractivity contribution is 14.0. The lowest BCUT2D eigenvalue weighted by atomic mass is 9.96. The van der Waals surface area contributed by atoms with Gasteiger partial charge in [-0.25, -0.2) is 4.39 Å². The Balaban J connectivity index is 0.00000280. The maximum Gasteiger partial charge on any atom is 0.403 e. The minimum absolute atomic E-state index is 0. The number of nitrogens with zero attached hydrogens (tertiary/aromatic N) is 3. The van der Waals surface area contributed by atoms with Crippen LogP contribution in [0.25, 0.3) is 0 Å². The summed E-state index contributed by atoms with van der Waals surface area (Å²) in [6.07, 6.45) is -2.24. The standard InChI is InChI=1S/C19H26F4N4.HI/c1-14(19(21,22)23)26-8-10-27(11-9-26)17(24-2)25-13-18(6-7-18)15-4-3-5-16(20)12-15;/h3-5,12,14H,6-11,13H2,1-2H3,(H,24,25);1H. The van der Waals surface area contributed by atoms with Gasteiger partial charge in [0, 0.05) is 45.2 Å². The highest BCUT2D eigenvalue weighted by atomic mass is 127. The molecule has 0 aromatic heterocycles. The van der Waals surface area contributed by atoms with Crippen molar-refractivity contribution < 1.29 is 17.6 Å². The van der Waals surface area contributed by atoms with Gasteiger partial charge in [-0.2, -0.15) is 13.2 Å². The third kappa shape index (κ3) is 5.28. The van der Waals surface area contributed by atoms with Crippen LogP contribution in [-0.2, 0) is 5.41 Å². The second-order valence-corrected chi connectivity index (χ2v) is 7.43. The molecule has 0 bridgehead atoms. The normalized spacial score (nSPS) is 21.1. The van der Waals surface area contributed by atoms with E-state index in [4.69, 9.17) is 0 Å². The number of alkyl halides is 3. The van der Waals surface area contributed by atoms with Crippen LogP contribution >= 0.6 is 24.0 Å². The monoisotopic (exact) mass is 514 g/mol. The van der Waals surface area contributed by atoms with Crippen molar-refractivity contribution in [3.05, 3.63) is 35.6 Å². The van der Waals surface area contributed by atoms with Crippen LogP contribution in [0.15, 0.2) is 29.3 Å². The maximum absolute atomic E-state index is 13.5. The van der Waals surface area contributed by atoms with E-state index in [1.165, 1.54) is 17.9 Å². The van der Waals surface area contributed by atoms with Crippen LogP contribution in [0.2, 0.25) is 0 Å². The van der Waals surface area contributed by atoms with Crippen LogP contribution in [-0.4, -0.2) is 67.7 Å². The summed E-state index contributed by atoms with van der Waals surface area (Å²) in [6, 6.07) is 5.25. The molecule has 28 heavy (non-hydrogen) atoms. The molecule has 1 aromatic carbocycles. The number of hydrogen-bond acceptors (Lipinski definition) is 2. The van der Waals surface area contributed by atoms with Gasteiger partial charge in [-0.3, -0.25) is 9.89 Å². The Labute approximate surface area is 180 Å². The van der Waals surface area contributed by atoms with Crippen LogP contribution in [0.4, 0.5) is 17.6 Å². The van der Waals surface area contributed by atoms with Gasteiger partial charge in [0.15, 0.2) is 5.96 Å². The van der Waals surface area contributed by atoms with Gasteiger partial charge in [-0.15, -0.1) is 24.0 Å². The van der Waals surface area contributed by atoms with E-state index in [9.17, 15) is 17.6 Å². The van der Waals surface area contributed by atoms with Crippen molar-refractivity contribution in [2.45, 2.75) is 37.4 Å². The predicted octanol–water partition coefficient (Wildman–Crippen LogP) is 3.62. The Morgan fingerprint density at radius 1 is 1.21 bits per heavy atom. The summed E-state index contributed by atoms with van der Waals surface area (Å²) in [5.74, 6) is 0.454. The van der Waals surface area contributed by atoms with Crippen molar-refractivity contribution >= 4 is 29.9 Å². The lowest BCUT2D eigenvalue weighted by Crippen LogP contribution is -2.57. The summed E-state index contributed by atoms with van der Waals surface area (Å²) < 4.78 is 52.2. The Bertz CT molecular complexity index is 683. The Morgan fingerprint density at radius 3 is 2.36 bits per heavy atom. The van der Waals surface area contributed by atoms with Crippen LogP contribution in [0.5, 0.6) is 0 Å². The fourth-order valence-electron chi connectivity index (χ4n) is 3.65. The third-order valence-corrected chi connectivity index (χ3v) is 5.72. The van der Waals surface area contributed by atoms with Crippen molar-refractivity contribution in [3.63, 3.8) is 0 Å². The van der Waals surface area contributed by atoms with Crippen LogP contribution in [0, 0.1) is 5.82 Å². The molecule has 1 N–H and O–H groups in total. The Kier molecular flexibility index (Phi) is 7.57. The van der Waals surface area contributed by atoms with Gasteiger partial charge < -0.3 is 10.2 Å². The molecule has 1 unspecified atom stereocenters. The molecule has 1 aliphatic carbocycles. The fourth-order valence-corrected chi connectivity index (χ4v) is 3.65. The molecule has 4 nitrogen and oxygen atoms in total. The van der Waals surface area contributed by atoms with E-state index < -0.39 is 12.2 Å². The van der Waals surface area contributed by atoms with Gasteiger partial charge in [0.2, 0.25) is 0 Å². The number of rotatable bonds is 4. The summed E-state index contributed by atoms with van der Waals surface area (Å²) >= 11 is 0. The fraction of sp³-hybridized carbons (Fsp3) is 0.632. The van der Waals surface area contributed by atoms with Gasteiger partial charge in [-0.1, -0.05) is 12.1 Å². The summed E-state index contributed by atoms with van der Waals surface area (Å²) in [5, 5.41) is 3.35. The first-order valence-corrected chi connectivity index (χ1v) is 9.28. The van der Waals surface area contributed by atoms with Crippen molar-refractivity contribution in [2.75, 3.05) is 39.8 Å². The number of nitrogens with one attached hydrogen (secondary N) is 1. The molecule has 0 spiro atoms. The van der Waals surface area contributed by atoms with Crippen molar-refractivity contribution in [2.24, 2.45) is 4.99 Å². The minimum atomic E-state index is -4.20. The zero-order valence-electron chi connectivity index (χ0n) is 16.1. The summed E-state index contributed by atoms with van der Waals surface area (Å²) in [4.78, 5) is 7.73. The van der Waals surface area contributed by atoms with Crippen molar-refractivity contribution in [1.29, 1.82) is 0 Å². The Morgan fingerprint density at radius 2 is 1.86 bits per heavy atom. The van der Waals surface area contributed by atoms with Gasteiger partial charge in [0.1, 0.15) is 11.9 Å². The molecule has 0 radical (unpaired) electrons. The second kappa shape index (κ2) is 9.15. The van der Waals surface area contributed by atoms with E-state index in [0.29, 0.717) is 38.7 Å². The average Bonchev–Trinajstić information content (AvgIpc) is 3.42. The second-order valence-electron chi connectivity index (χ2n) is 7.43. The van der Waals surface area contributed by atoms with Gasteiger partial charge in [0.25, 0.3) is 0 Å². The third-order valence-electron chi connectivity index (χ3n) is 5.72. The molecule has 1 aromatic rings. The molecule has 3 rings (SSSR count). The number of aliphatic imine (C=N–C) groups is 1. The molecular weight excluding hydrogens is 487 g/mol. The van der Waals surface area contributed by atoms with E-state index in [1.54, 1.807) is 19.2 Å². The minimum Gasteiger partial charge on any atom is -0.355 e. The summed E-state index contributed by atoms with van der Waals surface area (Å²) in [5.41, 5.74) is 0.902. The topological polar surface area (TPSA) is 30.9 Å². The smallest absolute Gasteiger partial charge is 0.355 e. The number of guanidine groups is 1. The van der Waals surface area contributed by atoms with E-state index in [0.717, 1.165) is 18.4 Å². The van der Waals surface area contributed by atoms with E-state index in [2.05, 4.69) is 10.3 Å². The molecule has 1 aliphatic heterocycles. The molecule has 1 saturated heterocycles. The van der Waals surface area contributed by atoms with E-state index >= 15 is 0 Å². The number of hydrogen-bond donors (Lipinski definition) is 1. The highest BCUT2D eigenvalue weighted by Gasteiger charge is 2.45. The van der Waals surface area contributed by atoms with Crippen LogP contribution in [0.1, 0.15) is 25.3 Å². The van der Waals surface area contributed by atoms with Crippen molar-refractivity contribution in [3.8, 4) is 0 Å². The quantitative estimate of drug-likeness (QED) is 0.289. The largest absolute Gasteiger partial charge is 0.403 e. The average molecular weight is 514 g/mol. The number of halogens is 5. The maximum atomic E-state index is 13.5. The van der Waals surface area contributed by atoms with Crippen molar-refractivity contribution in [1.82, 2.24) is 15.1 Å². The summed E-state index contributed by atoms with van der Waals surface area (Å²) in [7, 11) is 1.68. The molecule has 2 fully saturated rings. The first-order valence-electron chi connectivity index (χ1n) is 9.28. The number of piperazine rings is 1. The zero-order chi connectivity index (χ0) is 19.7. The Hall–Kier alpha value is -1.10. The molecule has 1 atom stereocenters. The molecule has 1 saturated carbocycles. The molecule has 158 valence electrons. The molecule has 2 aliphatic rings. The molecule has 0 amide bonds. The van der Waals surface area contributed by atoms with E-state index in [-0.39, 0.29) is 35.2 Å².